The summed E-state index contributed by atoms with van der Waals surface area (Å²) in [6.45, 7) is 4.26. The monoisotopic (exact) mass is 271 g/mol. The van der Waals surface area contributed by atoms with Gasteiger partial charge in [-0.2, -0.15) is 0 Å². The van der Waals surface area contributed by atoms with E-state index < -0.39 is 0 Å². The van der Waals surface area contributed by atoms with E-state index in [4.69, 9.17) is 15.6 Å². The van der Waals surface area contributed by atoms with Gasteiger partial charge in [-0.05, 0) is 50.3 Å². The molecular weight excluding hydrogens is 250 g/mol. The van der Waals surface area contributed by atoms with Gasteiger partial charge in [0.1, 0.15) is 11.4 Å². The molecule has 1 unspecified atom stereocenters. The van der Waals surface area contributed by atoms with Gasteiger partial charge in [0.2, 0.25) is 0 Å². The van der Waals surface area contributed by atoms with Crippen LogP contribution in [0.2, 0.25) is 0 Å². The maximum atomic E-state index is 8.95. The standard InChI is InChI=1S/C14H21NO2.ClH/c1-14(2)6-5-11-7-10(8-12(15)9-16)3-4-13(11)17-14;/h3-4,7,12,16H,5-6,8-9,15H2,1-2H3;1H. The summed E-state index contributed by atoms with van der Waals surface area (Å²) in [4.78, 5) is 0. The third-order valence-corrected chi connectivity index (χ3v) is 3.24. The van der Waals surface area contributed by atoms with E-state index in [1.165, 1.54) is 11.1 Å². The van der Waals surface area contributed by atoms with E-state index in [1.54, 1.807) is 0 Å². The smallest absolute Gasteiger partial charge is 0.123 e. The number of fused-ring (bicyclic) bond motifs is 1. The second kappa shape index (κ2) is 5.91. The Bertz CT molecular complexity index is 407. The van der Waals surface area contributed by atoms with E-state index >= 15 is 0 Å². The lowest BCUT2D eigenvalue weighted by atomic mass is 9.92. The molecule has 1 heterocycles. The Kier molecular flexibility index (Phi) is 5.02. The zero-order valence-corrected chi connectivity index (χ0v) is 11.8. The molecule has 3 N–H and O–H groups in total. The van der Waals surface area contributed by atoms with Gasteiger partial charge < -0.3 is 15.6 Å². The maximum Gasteiger partial charge on any atom is 0.123 e. The number of hydrogen-bond donors (Lipinski definition) is 2. The van der Waals surface area contributed by atoms with Crippen LogP contribution in [-0.2, 0) is 12.8 Å². The van der Waals surface area contributed by atoms with Crippen molar-refractivity contribution in [3.63, 3.8) is 0 Å². The highest BCUT2D eigenvalue weighted by Crippen LogP contribution is 2.33. The van der Waals surface area contributed by atoms with E-state index in [-0.39, 0.29) is 30.7 Å². The van der Waals surface area contributed by atoms with Crippen LogP contribution in [-0.4, -0.2) is 23.4 Å². The fraction of sp³-hybridized carbons (Fsp3) is 0.571. The first-order valence-electron chi connectivity index (χ1n) is 6.17. The Morgan fingerprint density at radius 2 is 2.17 bits per heavy atom. The van der Waals surface area contributed by atoms with Gasteiger partial charge in [-0.3, -0.25) is 0 Å². The van der Waals surface area contributed by atoms with Crippen molar-refractivity contribution in [1.82, 2.24) is 0 Å². The van der Waals surface area contributed by atoms with Crippen LogP contribution in [0.4, 0.5) is 0 Å². The van der Waals surface area contributed by atoms with E-state index in [9.17, 15) is 0 Å². The van der Waals surface area contributed by atoms with Gasteiger partial charge in [0, 0.05) is 6.04 Å². The molecule has 1 aliphatic rings. The highest BCUT2D eigenvalue weighted by Gasteiger charge is 2.26. The topological polar surface area (TPSA) is 55.5 Å². The van der Waals surface area contributed by atoms with Gasteiger partial charge in [0.15, 0.2) is 0 Å². The van der Waals surface area contributed by atoms with E-state index in [1.807, 2.05) is 12.1 Å². The quantitative estimate of drug-likeness (QED) is 0.885. The normalized spacial score (nSPS) is 18.2. The van der Waals surface area contributed by atoms with Crippen LogP contribution in [0.1, 0.15) is 31.4 Å². The predicted octanol–water partition coefficient (Wildman–Crippen LogP) is 2.07. The summed E-state index contributed by atoms with van der Waals surface area (Å²) in [5.41, 5.74) is 8.11. The Hall–Kier alpha value is -0.770. The van der Waals surface area contributed by atoms with Crippen molar-refractivity contribution in [2.24, 2.45) is 5.73 Å². The Morgan fingerprint density at radius 3 is 2.83 bits per heavy atom. The van der Waals surface area contributed by atoms with Crippen molar-refractivity contribution in [3.05, 3.63) is 29.3 Å². The summed E-state index contributed by atoms with van der Waals surface area (Å²) in [6, 6.07) is 6.04. The molecule has 2 rings (SSSR count). The Labute approximate surface area is 115 Å². The minimum absolute atomic E-state index is 0. The Balaban J connectivity index is 0.00000162. The number of nitrogens with two attached hydrogens (primary N) is 1. The molecule has 0 amide bonds. The molecule has 0 bridgehead atoms. The fourth-order valence-corrected chi connectivity index (χ4v) is 2.21. The van der Waals surface area contributed by atoms with Gasteiger partial charge in [-0.1, -0.05) is 12.1 Å². The second-order valence-electron chi connectivity index (χ2n) is 5.45. The summed E-state index contributed by atoms with van der Waals surface area (Å²) in [7, 11) is 0. The van der Waals surface area contributed by atoms with Gasteiger partial charge >= 0.3 is 0 Å². The molecule has 4 heteroatoms. The number of benzene rings is 1. The van der Waals surface area contributed by atoms with Crippen LogP contribution in [0.3, 0.4) is 0 Å². The van der Waals surface area contributed by atoms with Gasteiger partial charge in [-0.15, -0.1) is 12.4 Å². The lowest BCUT2D eigenvalue weighted by Crippen LogP contribution is -2.32. The predicted molar refractivity (Wildman–Crippen MR) is 75.5 cm³/mol. The molecule has 1 aromatic rings. The summed E-state index contributed by atoms with van der Waals surface area (Å²) in [5, 5.41) is 8.95. The first-order valence-corrected chi connectivity index (χ1v) is 6.17. The van der Waals surface area contributed by atoms with E-state index in [0.29, 0.717) is 6.42 Å². The van der Waals surface area contributed by atoms with Gasteiger partial charge in [-0.25, -0.2) is 0 Å². The second-order valence-corrected chi connectivity index (χ2v) is 5.45. The molecule has 0 spiro atoms. The molecule has 0 saturated carbocycles. The number of aliphatic hydroxyl groups is 1. The number of rotatable bonds is 3. The summed E-state index contributed by atoms with van der Waals surface area (Å²) in [6.07, 6.45) is 2.80. The van der Waals surface area contributed by atoms with E-state index in [0.717, 1.165) is 18.6 Å². The molecule has 1 atom stereocenters. The number of ether oxygens (including phenoxy) is 1. The lowest BCUT2D eigenvalue weighted by Gasteiger charge is -2.32. The summed E-state index contributed by atoms with van der Waals surface area (Å²) in [5.74, 6) is 0.988. The fourth-order valence-electron chi connectivity index (χ4n) is 2.21. The molecule has 0 aromatic heterocycles. The summed E-state index contributed by atoms with van der Waals surface area (Å²) >= 11 is 0. The van der Waals surface area contributed by atoms with Crippen LogP contribution in [0.5, 0.6) is 5.75 Å². The average Bonchev–Trinajstić information content (AvgIpc) is 2.28. The first-order chi connectivity index (χ1) is 8.00. The third kappa shape index (κ3) is 3.61. The minimum atomic E-state index is -0.172. The van der Waals surface area contributed by atoms with Crippen molar-refractivity contribution in [1.29, 1.82) is 0 Å². The molecular formula is C14H22ClNO2. The van der Waals surface area contributed by atoms with Gasteiger partial charge in [0.05, 0.1) is 6.61 Å². The molecule has 102 valence electrons. The number of aryl methyl sites for hydroxylation is 1. The van der Waals surface area contributed by atoms with Gasteiger partial charge in [0.25, 0.3) is 0 Å². The highest BCUT2D eigenvalue weighted by molar-refractivity contribution is 5.85. The third-order valence-electron chi connectivity index (χ3n) is 3.24. The Morgan fingerprint density at radius 1 is 1.44 bits per heavy atom. The average molecular weight is 272 g/mol. The van der Waals surface area contributed by atoms with Crippen molar-refractivity contribution >= 4 is 12.4 Å². The van der Waals surface area contributed by atoms with Crippen molar-refractivity contribution in [2.75, 3.05) is 6.61 Å². The van der Waals surface area contributed by atoms with Crippen LogP contribution in [0.15, 0.2) is 18.2 Å². The zero-order chi connectivity index (χ0) is 12.5. The van der Waals surface area contributed by atoms with Crippen molar-refractivity contribution in [2.45, 2.75) is 44.8 Å². The molecule has 1 aliphatic heterocycles. The van der Waals surface area contributed by atoms with Crippen LogP contribution in [0, 0.1) is 0 Å². The minimum Gasteiger partial charge on any atom is -0.488 e. The first kappa shape index (κ1) is 15.3. The molecule has 0 fully saturated rings. The zero-order valence-electron chi connectivity index (χ0n) is 11.0. The SMILES string of the molecule is CC1(C)CCc2cc(CC(N)CO)ccc2O1.Cl. The number of hydrogen-bond acceptors (Lipinski definition) is 3. The largest absolute Gasteiger partial charge is 0.488 e. The van der Waals surface area contributed by atoms with Crippen molar-refractivity contribution < 1.29 is 9.84 Å². The summed E-state index contributed by atoms with van der Waals surface area (Å²) < 4.78 is 5.92. The lowest BCUT2D eigenvalue weighted by molar-refractivity contribution is 0.0846. The maximum absolute atomic E-state index is 8.95. The highest BCUT2D eigenvalue weighted by atomic mass is 35.5. The van der Waals surface area contributed by atoms with Crippen LogP contribution < -0.4 is 10.5 Å². The number of aliphatic hydroxyl groups excluding tert-OH is 1. The molecule has 0 radical (unpaired) electrons. The van der Waals surface area contributed by atoms with Crippen LogP contribution in [0.25, 0.3) is 0 Å². The molecule has 0 aliphatic carbocycles. The molecule has 3 nitrogen and oxygen atoms in total. The number of halogens is 1. The molecule has 0 saturated heterocycles. The molecule has 18 heavy (non-hydrogen) atoms. The van der Waals surface area contributed by atoms with Crippen molar-refractivity contribution in [3.8, 4) is 5.75 Å². The molecule has 1 aromatic carbocycles. The van der Waals surface area contributed by atoms with E-state index in [2.05, 4.69) is 19.9 Å². The van der Waals surface area contributed by atoms with Crippen LogP contribution >= 0.6 is 12.4 Å².